The van der Waals surface area contributed by atoms with Gasteiger partial charge in [0, 0.05) is 5.69 Å². The lowest BCUT2D eigenvalue weighted by molar-refractivity contribution is 0.506. The normalized spacial score (nSPS) is 16.0. The van der Waals surface area contributed by atoms with Crippen LogP contribution in [0.25, 0.3) is 11.1 Å². The first-order valence-electron chi connectivity index (χ1n) is 7.60. The van der Waals surface area contributed by atoms with Gasteiger partial charge in [-0.05, 0) is 52.9 Å². The van der Waals surface area contributed by atoms with Crippen LogP contribution in [-0.4, -0.2) is 0 Å². The summed E-state index contributed by atoms with van der Waals surface area (Å²) in [6.07, 6.45) is 0.765. The van der Waals surface area contributed by atoms with E-state index in [1.807, 2.05) is 18.2 Å². The standard InChI is InChI=1S/C20H15F2N/c21-17-8-6-15(11-18(17)22)20-12-16-10-14(7-9-19(16)23-20)13-4-2-1-3-5-13/h1-11,20,23H,12H2. The molecule has 3 aromatic rings. The second kappa shape index (κ2) is 5.51. The molecule has 0 fully saturated rings. The van der Waals surface area contributed by atoms with E-state index in [4.69, 9.17) is 0 Å². The Morgan fingerprint density at radius 2 is 1.61 bits per heavy atom. The second-order valence-corrected chi connectivity index (χ2v) is 5.81. The summed E-state index contributed by atoms with van der Waals surface area (Å²) in [6, 6.07) is 20.6. The average Bonchev–Trinajstić information content (AvgIpc) is 3.01. The number of hydrogen-bond donors (Lipinski definition) is 1. The van der Waals surface area contributed by atoms with Gasteiger partial charge in [0.1, 0.15) is 0 Å². The van der Waals surface area contributed by atoms with Crippen LogP contribution in [0, 0.1) is 11.6 Å². The van der Waals surface area contributed by atoms with Gasteiger partial charge >= 0.3 is 0 Å². The lowest BCUT2D eigenvalue weighted by atomic mass is 9.99. The highest BCUT2D eigenvalue weighted by Crippen LogP contribution is 2.36. The molecule has 114 valence electrons. The number of benzene rings is 3. The van der Waals surface area contributed by atoms with Crippen LogP contribution in [0.1, 0.15) is 17.2 Å². The quantitative estimate of drug-likeness (QED) is 0.673. The van der Waals surface area contributed by atoms with E-state index in [0.29, 0.717) is 0 Å². The summed E-state index contributed by atoms with van der Waals surface area (Å²) in [5, 5.41) is 3.39. The average molecular weight is 307 g/mol. The minimum absolute atomic E-state index is 0.0221. The Kier molecular flexibility index (Phi) is 3.34. The van der Waals surface area contributed by atoms with Crippen LogP contribution in [0.5, 0.6) is 0 Å². The number of nitrogens with one attached hydrogen (secondary N) is 1. The van der Waals surface area contributed by atoms with E-state index in [0.717, 1.165) is 23.2 Å². The molecule has 3 aromatic carbocycles. The fraction of sp³-hybridized carbons (Fsp3) is 0.100. The van der Waals surface area contributed by atoms with Gasteiger partial charge in [-0.3, -0.25) is 0 Å². The summed E-state index contributed by atoms with van der Waals surface area (Å²) in [5.74, 6) is -1.61. The Morgan fingerprint density at radius 1 is 0.783 bits per heavy atom. The number of halogens is 2. The molecule has 23 heavy (non-hydrogen) atoms. The predicted molar refractivity (Wildman–Crippen MR) is 88.3 cm³/mol. The van der Waals surface area contributed by atoms with Gasteiger partial charge < -0.3 is 5.32 Å². The maximum absolute atomic E-state index is 13.4. The number of hydrogen-bond acceptors (Lipinski definition) is 1. The van der Waals surface area contributed by atoms with E-state index in [1.54, 1.807) is 6.07 Å². The molecule has 1 nitrogen and oxygen atoms in total. The molecule has 0 amide bonds. The first-order valence-corrected chi connectivity index (χ1v) is 7.60. The highest BCUT2D eigenvalue weighted by Gasteiger charge is 2.23. The van der Waals surface area contributed by atoms with Crippen LogP contribution in [0.4, 0.5) is 14.5 Å². The van der Waals surface area contributed by atoms with E-state index >= 15 is 0 Å². The third-order valence-corrected chi connectivity index (χ3v) is 4.31. The predicted octanol–water partition coefficient (Wildman–Crippen LogP) is 5.34. The first kappa shape index (κ1) is 13.9. The van der Waals surface area contributed by atoms with Crippen LogP contribution >= 0.6 is 0 Å². The largest absolute Gasteiger partial charge is 0.378 e. The van der Waals surface area contributed by atoms with Crippen molar-refractivity contribution in [2.45, 2.75) is 12.5 Å². The van der Waals surface area contributed by atoms with Crippen molar-refractivity contribution in [2.24, 2.45) is 0 Å². The zero-order valence-corrected chi connectivity index (χ0v) is 12.4. The van der Waals surface area contributed by atoms with Gasteiger partial charge in [0.2, 0.25) is 0 Å². The van der Waals surface area contributed by atoms with Crippen LogP contribution in [0.15, 0.2) is 66.7 Å². The molecule has 1 aliphatic rings. The molecule has 0 saturated heterocycles. The molecule has 0 spiro atoms. The maximum Gasteiger partial charge on any atom is 0.159 e. The SMILES string of the molecule is Fc1ccc(C2Cc3cc(-c4ccccc4)ccc3N2)cc1F. The summed E-state index contributed by atoms with van der Waals surface area (Å²) in [7, 11) is 0. The van der Waals surface area contributed by atoms with Gasteiger partial charge in [-0.25, -0.2) is 8.78 Å². The highest BCUT2D eigenvalue weighted by molar-refractivity contribution is 5.70. The van der Waals surface area contributed by atoms with E-state index in [-0.39, 0.29) is 6.04 Å². The molecule has 0 saturated carbocycles. The zero-order valence-electron chi connectivity index (χ0n) is 12.4. The number of anilines is 1. The van der Waals surface area contributed by atoms with Crippen LogP contribution < -0.4 is 5.32 Å². The Balaban J connectivity index is 1.63. The van der Waals surface area contributed by atoms with Gasteiger partial charge in [0.25, 0.3) is 0 Å². The summed E-state index contributed by atoms with van der Waals surface area (Å²) < 4.78 is 26.5. The third-order valence-electron chi connectivity index (χ3n) is 4.31. The Hall–Kier alpha value is -2.68. The van der Waals surface area contributed by atoms with Crippen molar-refractivity contribution in [1.82, 2.24) is 0 Å². The van der Waals surface area contributed by atoms with E-state index < -0.39 is 11.6 Å². The van der Waals surface area contributed by atoms with Gasteiger partial charge in [-0.15, -0.1) is 0 Å². The highest BCUT2D eigenvalue weighted by atomic mass is 19.2. The van der Waals surface area contributed by atoms with Gasteiger partial charge in [-0.1, -0.05) is 42.5 Å². The molecule has 1 heterocycles. The molecule has 1 atom stereocenters. The van der Waals surface area contributed by atoms with Crippen molar-refractivity contribution in [2.75, 3.05) is 5.32 Å². The minimum atomic E-state index is -0.810. The van der Waals surface area contributed by atoms with Crippen molar-refractivity contribution in [1.29, 1.82) is 0 Å². The first-order chi connectivity index (χ1) is 11.2. The molecular formula is C20H15F2N. The molecule has 4 rings (SSSR count). The maximum atomic E-state index is 13.4. The Morgan fingerprint density at radius 3 is 2.39 bits per heavy atom. The second-order valence-electron chi connectivity index (χ2n) is 5.81. The zero-order chi connectivity index (χ0) is 15.8. The van der Waals surface area contributed by atoms with Crippen LogP contribution in [-0.2, 0) is 6.42 Å². The Labute approximate surface area is 133 Å². The van der Waals surface area contributed by atoms with E-state index in [9.17, 15) is 8.78 Å². The van der Waals surface area contributed by atoms with Gasteiger partial charge in [0.15, 0.2) is 11.6 Å². The van der Waals surface area contributed by atoms with Crippen LogP contribution in [0.3, 0.4) is 0 Å². The molecule has 1 unspecified atom stereocenters. The fourth-order valence-electron chi connectivity index (χ4n) is 3.10. The molecule has 3 heteroatoms. The smallest absolute Gasteiger partial charge is 0.159 e. The lowest BCUT2D eigenvalue weighted by Crippen LogP contribution is -2.06. The van der Waals surface area contributed by atoms with Crippen LogP contribution in [0.2, 0.25) is 0 Å². The van der Waals surface area contributed by atoms with Crippen molar-refractivity contribution in [3.05, 3.63) is 89.5 Å². The van der Waals surface area contributed by atoms with Gasteiger partial charge in [-0.2, -0.15) is 0 Å². The molecule has 0 aliphatic carbocycles. The number of rotatable bonds is 2. The molecule has 0 bridgehead atoms. The third kappa shape index (κ3) is 2.59. The van der Waals surface area contributed by atoms with Gasteiger partial charge in [0.05, 0.1) is 6.04 Å². The lowest BCUT2D eigenvalue weighted by Gasteiger charge is -2.11. The van der Waals surface area contributed by atoms with Crippen molar-refractivity contribution in [3.8, 4) is 11.1 Å². The molecule has 1 N–H and O–H groups in total. The fourth-order valence-corrected chi connectivity index (χ4v) is 3.10. The van der Waals surface area contributed by atoms with Crippen molar-refractivity contribution in [3.63, 3.8) is 0 Å². The summed E-state index contributed by atoms with van der Waals surface area (Å²) in [4.78, 5) is 0. The monoisotopic (exact) mass is 307 g/mol. The summed E-state index contributed by atoms with van der Waals surface area (Å²) in [6.45, 7) is 0. The molecule has 0 radical (unpaired) electrons. The summed E-state index contributed by atoms with van der Waals surface area (Å²) in [5.41, 5.74) is 5.35. The van der Waals surface area contributed by atoms with E-state index in [1.165, 1.54) is 23.3 Å². The number of fused-ring (bicyclic) bond motifs is 1. The minimum Gasteiger partial charge on any atom is -0.378 e. The topological polar surface area (TPSA) is 12.0 Å². The Bertz CT molecular complexity index is 859. The molecule has 1 aliphatic heterocycles. The van der Waals surface area contributed by atoms with Crippen molar-refractivity contribution >= 4 is 5.69 Å². The van der Waals surface area contributed by atoms with Crippen molar-refractivity contribution < 1.29 is 8.78 Å². The molecular weight excluding hydrogens is 292 g/mol. The molecule has 0 aromatic heterocycles. The summed E-state index contributed by atoms with van der Waals surface area (Å²) >= 11 is 0. The van der Waals surface area contributed by atoms with E-state index in [2.05, 4.69) is 35.6 Å².